The van der Waals surface area contributed by atoms with Crippen LogP contribution in [0.2, 0.25) is 5.02 Å². The summed E-state index contributed by atoms with van der Waals surface area (Å²) in [6.45, 7) is 5.99. The Hall–Kier alpha value is -1.88. The van der Waals surface area contributed by atoms with E-state index in [9.17, 15) is 9.18 Å². The number of carbonyl (C=O) groups is 1. The second kappa shape index (κ2) is 5.09. The molecule has 2 aromatic rings. The normalized spacial score (nSPS) is 18.0. The van der Waals surface area contributed by atoms with Gasteiger partial charge in [-0.3, -0.25) is 4.79 Å². The lowest BCUT2D eigenvalue weighted by Gasteiger charge is -2.28. The highest BCUT2D eigenvalue weighted by Crippen LogP contribution is 2.40. The van der Waals surface area contributed by atoms with Crippen LogP contribution < -0.4 is 5.32 Å². The van der Waals surface area contributed by atoms with Gasteiger partial charge in [0.05, 0.1) is 11.7 Å². The Morgan fingerprint density at radius 3 is 2.77 bits per heavy atom. The van der Waals surface area contributed by atoms with Gasteiger partial charge in [-0.25, -0.2) is 9.07 Å². The molecule has 1 aliphatic rings. The average Bonchev–Trinajstić information content (AvgIpc) is 2.84. The predicted molar refractivity (Wildman–Crippen MR) is 83.7 cm³/mol. The molecule has 0 saturated carbocycles. The molecule has 1 aromatic heterocycles. The van der Waals surface area contributed by atoms with E-state index in [-0.39, 0.29) is 29.6 Å². The molecule has 6 heteroatoms. The van der Waals surface area contributed by atoms with E-state index in [1.165, 1.54) is 12.1 Å². The van der Waals surface area contributed by atoms with Crippen molar-refractivity contribution in [2.24, 2.45) is 0 Å². The van der Waals surface area contributed by atoms with E-state index in [1.807, 2.05) is 20.8 Å². The smallest absolute Gasteiger partial charge is 0.226 e. The second-order valence-electron chi connectivity index (χ2n) is 6.50. The van der Waals surface area contributed by atoms with Gasteiger partial charge in [0.25, 0.3) is 0 Å². The Labute approximate surface area is 133 Å². The van der Waals surface area contributed by atoms with Gasteiger partial charge in [0, 0.05) is 22.9 Å². The molecule has 1 atom stereocenters. The number of hydrogen-bond donors (Lipinski definition) is 1. The number of anilines is 1. The summed E-state index contributed by atoms with van der Waals surface area (Å²) in [5.74, 6) is -0.256. The van der Waals surface area contributed by atoms with Crippen molar-refractivity contribution in [3.8, 4) is 0 Å². The zero-order chi connectivity index (χ0) is 16.1. The zero-order valence-corrected chi connectivity index (χ0v) is 13.4. The number of carbonyl (C=O) groups excluding carboxylic acids is 1. The van der Waals surface area contributed by atoms with E-state index in [0.29, 0.717) is 16.4 Å². The summed E-state index contributed by atoms with van der Waals surface area (Å²) in [6, 6.07) is 4.42. The number of amides is 1. The lowest BCUT2D eigenvalue weighted by atomic mass is 9.87. The van der Waals surface area contributed by atoms with Gasteiger partial charge in [0.15, 0.2) is 0 Å². The first kappa shape index (κ1) is 15.0. The SMILES string of the molecule is CC(C)(C)n1ncc2c1NC(=O)C[C@H]2c1cc(Cl)ccc1F. The first-order valence-corrected chi connectivity index (χ1v) is 7.48. The third kappa shape index (κ3) is 2.50. The second-order valence-corrected chi connectivity index (χ2v) is 6.94. The topological polar surface area (TPSA) is 46.9 Å². The molecule has 0 saturated heterocycles. The Bertz CT molecular complexity index is 748. The van der Waals surface area contributed by atoms with Crippen LogP contribution in [0.3, 0.4) is 0 Å². The van der Waals surface area contributed by atoms with Gasteiger partial charge in [-0.1, -0.05) is 11.6 Å². The summed E-state index contributed by atoms with van der Waals surface area (Å²) in [7, 11) is 0. The molecule has 0 aliphatic carbocycles. The Morgan fingerprint density at radius 2 is 2.09 bits per heavy atom. The van der Waals surface area contributed by atoms with Crippen LogP contribution in [0, 0.1) is 5.82 Å². The van der Waals surface area contributed by atoms with Crippen LogP contribution in [0.25, 0.3) is 0 Å². The van der Waals surface area contributed by atoms with E-state index in [2.05, 4.69) is 10.4 Å². The number of fused-ring (bicyclic) bond motifs is 1. The van der Waals surface area contributed by atoms with Gasteiger partial charge in [-0.2, -0.15) is 5.10 Å². The zero-order valence-electron chi connectivity index (χ0n) is 12.7. The molecule has 4 nitrogen and oxygen atoms in total. The fraction of sp³-hybridized carbons (Fsp3) is 0.375. The maximum absolute atomic E-state index is 14.2. The molecule has 22 heavy (non-hydrogen) atoms. The fourth-order valence-corrected chi connectivity index (χ4v) is 2.97. The third-order valence-electron chi connectivity index (χ3n) is 3.79. The van der Waals surface area contributed by atoms with Crippen LogP contribution in [0.15, 0.2) is 24.4 Å². The maximum atomic E-state index is 14.2. The van der Waals surface area contributed by atoms with Crippen molar-refractivity contribution < 1.29 is 9.18 Å². The van der Waals surface area contributed by atoms with Crippen molar-refractivity contribution in [1.82, 2.24) is 9.78 Å². The van der Waals surface area contributed by atoms with E-state index in [4.69, 9.17) is 11.6 Å². The molecular weight excluding hydrogens is 305 g/mol. The summed E-state index contributed by atoms with van der Waals surface area (Å²) >= 11 is 5.99. The number of aromatic nitrogens is 2. The molecule has 0 spiro atoms. The summed E-state index contributed by atoms with van der Waals surface area (Å²) in [4.78, 5) is 12.1. The largest absolute Gasteiger partial charge is 0.311 e. The summed E-state index contributed by atoms with van der Waals surface area (Å²) in [5.41, 5.74) is 0.961. The van der Waals surface area contributed by atoms with Crippen LogP contribution in [-0.2, 0) is 10.3 Å². The molecule has 1 aliphatic heterocycles. The van der Waals surface area contributed by atoms with Crippen LogP contribution >= 0.6 is 11.6 Å². The highest BCUT2D eigenvalue weighted by molar-refractivity contribution is 6.30. The van der Waals surface area contributed by atoms with E-state index in [0.717, 1.165) is 5.56 Å². The number of rotatable bonds is 1. The number of benzene rings is 1. The van der Waals surface area contributed by atoms with Gasteiger partial charge >= 0.3 is 0 Å². The number of hydrogen-bond acceptors (Lipinski definition) is 2. The van der Waals surface area contributed by atoms with Crippen molar-refractivity contribution in [2.45, 2.75) is 38.6 Å². The Kier molecular flexibility index (Phi) is 3.48. The van der Waals surface area contributed by atoms with Gasteiger partial charge in [0.1, 0.15) is 11.6 Å². The monoisotopic (exact) mass is 321 g/mol. The van der Waals surface area contributed by atoms with Gasteiger partial charge in [-0.15, -0.1) is 0 Å². The average molecular weight is 322 g/mol. The molecule has 3 rings (SSSR count). The first-order valence-electron chi connectivity index (χ1n) is 7.10. The lowest BCUT2D eigenvalue weighted by molar-refractivity contribution is -0.116. The maximum Gasteiger partial charge on any atom is 0.226 e. The van der Waals surface area contributed by atoms with Crippen LogP contribution in [0.5, 0.6) is 0 Å². The molecule has 1 amide bonds. The standard InChI is InChI=1S/C16H17ClFN3O/c1-16(2,3)21-15-12(8-19-21)10(7-14(22)20-15)11-6-9(17)4-5-13(11)18/h4-6,8,10H,7H2,1-3H3,(H,20,22)/t10-/m0/s1. The minimum atomic E-state index is -0.376. The molecule has 1 N–H and O–H groups in total. The third-order valence-corrected chi connectivity index (χ3v) is 4.02. The Morgan fingerprint density at radius 1 is 1.36 bits per heavy atom. The van der Waals surface area contributed by atoms with Gasteiger partial charge < -0.3 is 5.32 Å². The van der Waals surface area contributed by atoms with Crippen molar-refractivity contribution in [2.75, 3.05) is 5.32 Å². The predicted octanol–water partition coefficient (Wildman–Crippen LogP) is 3.90. The quantitative estimate of drug-likeness (QED) is 0.865. The van der Waals surface area contributed by atoms with Crippen LogP contribution in [-0.4, -0.2) is 15.7 Å². The molecule has 0 bridgehead atoms. The summed E-state index contributed by atoms with van der Waals surface area (Å²) in [6.07, 6.45) is 1.88. The molecule has 1 aromatic carbocycles. The van der Waals surface area contributed by atoms with Crippen LogP contribution in [0.1, 0.15) is 44.2 Å². The molecule has 2 heterocycles. The molecule has 0 radical (unpaired) electrons. The number of nitrogens with zero attached hydrogens (tertiary/aromatic N) is 2. The molecular formula is C16H17ClFN3O. The highest BCUT2D eigenvalue weighted by atomic mass is 35.5. The van der Waals surface area contributed by atoms with Crippen molar-refractivity contribution in [1.29, 1.82) is 0 Å². The molecule has 0 unspecified atom stereocenters. The molecule has 0 fully saturated rings. The number of halogens is 2. The van der Waals surface area contributed by atoms with Crippen molar-refractivity contribution in [3.63, 3.8) is 0 Å². The summed E-state index contributed by atoms with van der Waals surface area (Å²) < 4.78 is 16.0. The van der Waals surface area contributed by atoms with Crippen molar-refractivity contribution in [3.05, 3.63) is 46.4 Å². The number of nitrogens with one attached hydrogen (secondary N) is 1. The minimum absolute atomic E-state index is 0.150. The van der Waals surface area contributed by atoms with Crippen LogP contribution in [0.4, 0.5) is 10.2 Å². The van der Waals surface area contributed by atoms with Gasteiger partial charge in [0.2, 0.25) is 5.91 Å². The molecule has 116 valence electrons. The van der Waals surface area contributed by atoms with Gasteiger partial charge in [-0.05, 0) is 44.5 Å². The lowest BCUT2D eigenvalue weighted by Crippen LogP contribution is -2.30. The van der Waals surface area contributed by atoms with Crippen molar-refractivity contribution >= 4 is 23.3 Å². The Balaban J connectivity index is 2.15. The fourth-order valence-electron chi connectivity index (χ4n) is 2.79. The van der Waals surface area contributed by atoms with E-state index >= 15 is 0 Å². The highest BCUT2D eigenvalue weighted by Gasteiger charge is 2.33. The van der Waals surface area contributed by atoms with E-state index in [1.54, 1.807) is 16.9 Å². The minimum Gasteiger partial charge on any atom is -0.311 e. The van der Waals surface area contributed by atoms with E-state index < -0.39 is 0 Å². The summed E-state index contributed by atoms with van der Waals surface area (Å²) in [5, 5.41) is 7.68. The first-order chi connectivity index (χ1) is 10.3.